The Morgan fingerprint density at radius 1 is 1.03 bits per heavy atom. The number of carboxylic acid groups (broad SMARTS) is 1. The van der Waals surface area contributed by atoms with E-state index < -0.39 is 12.6 Å². The highest BCUT2D eigenvalue weighted by molar-refractivity contribution is 6.05. The van der Waals surface area contributed by atoms with Crippen molar-refractivity contribution in [1.82, 2.24) is 0 Å². The molecule has 2 aromatic carbocycles. The second-order valence-electron chi connectivity index (χ2n) is 6.75. The van der Waals surface area contributed by atoms with E-state index in [2.05, 4.69) is 5.32 Å². The van der Waals surface area contributed by atoms with Crippen LogP contribution in [0.3, 0.4) is 0 Å². The number of hydrogen-bond donors (Lipinski definition) is 2. The van der Waals surface area contributed by atoms with E-state index in [9.17, 15) is 9.59 Å². The summed E-state index contributed by atoms with van der Waals surface area (Å²) in [7, 11) is 0. The van der Waals surface area contributed by atoms with Gasteiger partial charge in [-0.1, -0.05) is 12.1 Å². The van der Waals surface area contributed by atoms with Gasteiger partial charge in [0.25, 0.3) is 5.91 Å². The van der Waals surface area contributed by atoms with Gasteiger partial charge in [-0.3, -0.25) is 4.79 Å². The summed E-state index contributed by atoms with van der Waals surface area (Å²) in [6.45, 7) is 1.66. The van der Waals surface area contributed by atoms with Crippen LogP contribution in [0.15, 0.2) is 42.5 Å². The Morgan fingerprint density at radius 2 is 1.79 bits per heavy atom. The number of rotatable bonds is 9. The molecule has 154 valence electrons. The highest BCUT2D eigenvalue weighted by Gasteiger charge is 2.19. The number of carbonyl (C=O) groups excluding carboxylic acids is 1. The summed E-state index contributed by atoms with van der Waals surface area (Å²) in [6.07, 6.45) is 4.56. The first-order valence-corrected chi connectivity index (χ1v) is 9.75. The summed E-state index contributed by atoms with van der Waals surface area (Å²) >= 11 is 0. The van der Waals surface area contributed by atoms with E-state index in [0.717, 1.165) is 25.7 Å². The number of carboxylic acids is 1. The normalized spacial score (nSPS) is 13.7. The van der Waals surface area contributed by atoms with Crippen molar-refractivity contribution in [1.29, 1.82) is 0 Å². The molecule has 0 aliphatic heterocycles. The van der Waals surface area contributed by atoms with Crippen molar-refractivity contribution < 1.29 is 28.9 Å². The maximum atomic E-state index is 12.8. The van der Waals surface area contributed by atoms with Crippen molar-refractivity contribution in [3.63, 3.8) is 0 Å². The van der Waals surface area contributed by atoms with Crippen LogP contribution >= 0.6 is 0 Å². The Morgan fingerprint density at radius 3 is 2.52 bits per heavy atom. The molecule has 0 radical (unpaired) electrons. The number of aliphatic carboxylic acids is 1. The van der Waals surface area contributed by atoms with Crippen LogP contribution in [0.5, 0.6) is 17.2 Å². The average Bonchev–Trinajstić information content (AvgIpc) is 3.21. The van der Waals surface area contributed by atoms with Crippen molar-refractivity contribution in [3.8, 4) is 17.2 Å². The summed E-state index contributed by atoms with van der Waals surface area (Å²) in [5.41, 5.74) is 0.973. The highest BCUT2D eigenvalue weighted by atomic mass is 16.5. The molecular weight excluding hydrogens is 374 g/mol. The first kappa shape index (κ1) is 20.5. The number of ether oxygens (including phenoxy) is 3. The number of amides is 1. The first-order valence-electron chi connectivity index (χ1n) is 9.75. The van der Waals surface area contributed by atoms with Gasteiger partial charge in [-0.2, -0.15) is 0 Å². The van der Waals surface area contributed by atoms with Crippen molar-refractivity contribution >= 4 is 17.6 Å². The third-order valence-electron chi connectivity index (χ3n) is 4.59. The summed E-state index contributed by atoms with van der Waals surface area (Å²) < 4.78 is 16.8. The Labute approximate surface area is 169 Å². The number of hydrogen-bond acceptors (Lipinski definition) is 5. The van der Waals surface area contributed by atoms with Gasteiger partial charge in [0.05, 0.1) is 18.4 Å². The molecule has 0 aromatic heterocycles. The third-order valence-corrected chi connectivity index (χ3v) is 4.59. The van der Waals surface area contributed by atoms with Crippen molar-refractivity contribution in [2.75, 3.05) is 18.5 Å². The van der Waals surface area contributed by atoms with Crippen LogP contribution in [0.25, 0.3) is 0 Å². The van der Waals surface area contributed by atoms with Crippen LogP contribution in [0.2, 0.25) is 0 Å². The molecule has 1 saturated carbocycles. The van der Waals surface area contributed by atoms with E-state index in [-0.39, 0.29) is 17.8 Å². The predicted molar refractivity (Wildman–Crippen MR) is 108 cm³/mol. The molecule has 3 rings (SSSR count). The molecule has 7 heteroatoms. The Bertz CT molecular complexity index is 860. The van der Waals surface area contributed by atoms with Gasteiger partial charge in [-0.05, 0) is 62.9 Å². The molecular formula is C22H25NO6. The lowest BCUT2D eigenvalue weighted by Crippen LogP contribution is -2.16. The number of anilines is 1. The van der Waals surface area contributed by atoms with Crippen LogP contribution in [0.4, 0.5) is 5.69 Å². The first-order chi connectivity index (χ1) is 14.1. The molecule has 0 heterocycles. The zero-order valence-corrected chi connectivity index (χ0v) is 16.3. The minimum absolute atomic E-state index is 0.184. The summed E-state index contributed by atoms with van der Waals surface area (Å²) in [6, 6.07) is 12.0. The maximum absolute atomic E-state index is 12.8. The van der Waals surface area contributed by atoms with Crippen LogP contribution in [0, 0.1) is 0 Å². The van der Waals surface area contributed by atoms with Gasteiger partial charge < -0.3 is 24.6 Å². The smallest absolute Gasteiger partial charge is 0.341 e. The molecule has 1 aliphatic carbocycles. The topological polar surface area (TPSA) is 94.1 Å². The van der Waals surface area contributed by atoms with Crippen molar-refractivity contribution in [3.05, 3.63) is 48.0 Å². The number of carbonyl (C=O) groups is 2. The van der Waals surface area contributed by atoms with Gasteiger partial charge in [0.15, 0.2) is 18.1 Å². The lowest BCUT2D eigenvalue weighted by molar-refractivity contribution is -0.139. The van der Waals surface area contributed by atoms with Gasteiger partial charge in [0.1, 0.15) is 5.75 Å². The second-order valence-corrected chi connectivity index (χ2v) is 6.75. The third kappa shape index (κ3) is 5.63. The molecule has 0 bridgehead atoms. The molecule has 2 N–H and O–H groups in total. The lowest BCUT2D eigenvalue weighted by atomic mass is 10.1. The molecule has 0 unspecified atom stereocenters. The summed E-state index contributed by atoms with van der Waals surface area (Å²) in [4.78, 5) is 23.5. The highest BCUT2D eigenvalue weighted by Crippen LogP contribution is 2.32. The van der Waals surface area contributed by atoms with E-state index >= 15 is 0 Å². The average molecular weight is 399 g/mol. The molecule has 7 nitrogen and oxygen atoms in total. The van der Waals surface area contributed by atoms with Gasteiger partial charge >= 0.3 is 5.97 Å². The van der Waals surface area contributed by atoms with Gasteiger partial charge in [-0.25, -0.2) is 4.79 Å². The van der Waals surface area contributed by atoms with E-state index in [1.54, 1.807) is 19.1 Å². The fourth-order valence-electron chi connectivity index (χ4n) is 3.23. The van der Waals surface area contributed by atoms with Gasteiger partial charge in [0, 0.05) is 5.56 Å². The SMILES string of the molecule is CCOc1cc(C(=O)Nc2ccccc2OC2CCCC2)ccc1OCC(=O)O. The minimum atomic E-state index is -1.09. The molecule has 0 saturated heterocycles. The minimum Gasteiger partial charge on any atom is -0.490 e. The van der Waals surface area contributed by atoms with Crippen LogP contribution in [-0.2, 0) is 4.79 Å². The lowest BCUT2D eigenvalue weighted by Gasteiger charge is -2.17. The van der Waals surface area contributed by atoms with E-state index in [1.807, 2.05) is 18.2 Å². The van der Waals surface area contributed by atoms with Gasteiger partial charge in [0.2, 0.25) is 0 Å². The van der Waals surface area contributed by atoms with Crippen LogP contribution in [0.1, 0.15) is 43.0 Å². The van der Waals surface area contributed by atoms with Crippen LogP contribution in [-0.4, -0.2) is 36.3 Å². The fraction of sp³-hybridized carbons (Fsp3) is 0.364. The molecule has 1 amide bonds. The monoisotopic (exact) mass is 399 g/mol. The molecule has 1 aliphatic rings. The molecule has 0 atom stereocenters. The molecule has 2 aromatic rings. The zero-order chi connectivity index (χ0) is 20.6. The Hall–Kier alpha value is -3.22. The standard InChI is InChI=1S/C22H25NO6/c1-2-27-20-13-15(11-12-19(20)28-14-21(24)25)22(26)23-17-9-5-6-10-18(17)29-16-7-3-4-8-16/h5-6,9-13,16H,2-4,7-8,14H2,1H3,(H,23,26)(H,24,25). The Balaban J connectivity index is 1.75. The van der Waals surface area contributed by atoms with E-state index in [4.69, 9.17) is 19.3 Å². The largest absolute Gasteiger partial charge is 0.490 e. The van der Waals surface area contributed by atoms with E-state index in [1.165, 1.54) is 12.1 Å². The number of para-hydroxylation sites is 2. The maximum Gasteiger partial charge on any atom is 0.341 e. The second kappa shape index (κ2) is 9.82. The van der Waals surface area contributed by atoms with Crippen molar-refractivity contribution in [2.45, 2.75) is 38.7 Å². The quantitative estimate of drug-likeness (QED) is 0.659. The zero-order valence-electron chi connectivity index (χ0n) is 16.3. The van der Waals surface area contributed by atoms with Gasteiger partial charge in [-0.15, -0.1) is 0 Å². The predicted octanol–water partition coefficient (Wildman–Crippen LogP) is 4.12. The van der Waals surface area contributed by atoms with Crippen molar-refractivity contribution in [2.24, 2.45) is 0 Å². The Kier molecular flexibility index (Phi) is 6.94. The molecule has 1 fully saturated rings. The summed E-state index contributed by atoms with van der Waals surface area (Å²) in [5.74, 6) is -0.168. The number of benzene rings is 2. The van der Waals surface area contributed by atoms with E-state index in [0.29, 0.717) is 29.4 Å². The molecule has 0 spiro atoms. The summed E-state index contributed by atoms with van der Waals surface area (Å²) in [5, 5.41) is 11.7. The fourth-order valence-corrected chi connectivity index (χ4v) is 3.23. The molecule has 29 heavy (non-hydrogen) atoms. The number of nitrogens with one attached hydrogen (secondary N) is 1. The van der Waals surface area contributed by atoms with Crippen LogP contribution < -0.4 is 19.5 Å².